The minimum absolute atomic E-state index is 0.207. The van der Waals surface area contributed by atoms with Gasteiger partial charge < -0.3 is 10.2 Å². The maximum Gasteiger partial charge on any atom is 0.234 e. The Morgan fingerprint density at radius 2 is 2.24 bits per heavy atom. The van der Waals surface area contributed by atoms with E-state index in [1.54, 1.807) is 11.3 Å². The van der Waals surface area contributed by atoms with Crippen LogP contribution in [0.25, 0.3) is 0 Å². The van der Waals surface area contributed by atoms with Gasteiger partial charge >= 0.3 is 0 Å². The van der Waals surface area contributed by atoms with Crippen molar-refractivity contribution >= 4 is 17.2 Å². The molecule has 1 amide bonds. The standard InChI is InChI=1S/C17H26N2OS/c1-18-12-14-7-10-19(13-14)16(20)17(8-3-2-4-9-17)15-6-5-11-21-15/h5-6,11,14,18H,2-4,7-10,12-13H2,1H3. The van der Waals surface area contributed by atoms with Gasteiger partial charge in [-0.2, -0.15) is 0 Å². The molecule has 3 rings (SSSR count). The van der Waals surface area contributed by atoms with E-state index in [0.717, 1.165) is 38.9 Å². The van der Waals surface area contributed by atoms with Crippen molar-refractivity contribution in [1.29, 1.82) is 0 Å². The molecule has 2 heterocycles. The van der Waals surface area contributed by atoms with E-state index in [9.17, 15) is 4.79 Å². The van der Waals surface area contributed by atoms with Gasteiger partial charge in [0.2, 0.25) is 5.91 Å². The van der Waals surface area contributed by atoms with Crippen LogP contribution in [0.3, 0.4) is 0 Å². The zero-order valence-corrected chi connectivity index (χ0v) is 13.8. The zero-order chi connectivity index (χ0) is 14.7. The Balaban J connectivity index is 1.79. The van der Waals surface area contributed by atoms with Crippen LogP contribution < -0.4 is 5.32 Å². The molecule has 1 aromatic rings. The largest absolute Gasteiger partial charge is 0.342 e. The van der Waals surface area contributed by atoms with Gasteiger partial charge in [0.05, 0.1) is 5.41 Å². The van der Waals surface area contributed by atoms with E-state index in [1.165, 1.54) is 24.1 Å². The molecule has 2 fully saturated rings. The number of carbonyl (C=O) groups is 1. The minimum atomic E-state index is -0.207. The molecule has 1 unspecified atom stereocenters. The van der Waals surface area contributed by atoms with Gasteiger partial charge in [0.1, 0.15) is 0 Å². The number of amides is 1. The van der Waals surface area contributed by atoms with E-state index < -0.39 is 0 Å². The van der Waals surface area contributed by atoms with Crippen LogP contribution in [-0.4, -0.2) is 37.5 Å². The topological polar surface area (TPSA) is 32.3 Å². The third-order valence-corrected chi connectivity index (χ3v) is 6.25. The Labute approximate surface area is 131 Å². The molecule has 2 aliphatic rings. The molecule has 0 aromatic carbocycles. The lowest BCUT2D eigenvalue weighted by Crippen LogP contribution is -2.47. The highest BCUT2D eigenvalue weighted by atomic mass is 32.1. The summed E-state index contributed by atoms with van der Waals surface area (Å²) in [7, 11) is 2.00. The molecule has 0 radical (unpaired) electrons. The Morgan fingerprint density at radius 3 is 2.90 bits per heavy atom. The number of hydrogen-bond acceptors (Lipinski definition) is 3. The van der Waals surface area contributed by atoms with Gasteiger partial charge in [-0.3, -0.25) is 4.79 Å². The highest BCUT2D eigenvalue weighted by molar-refractivity contribution is 7.10. The summed E-state index contributed by atoms with van der Waals surface area (Å²) < 4.78 is 0. The normalized spacial score (nSPS) is 25.2. The third kappa shape index (κ3) is 2.88. The van der Waals surface area contributed by atoms with Gasteiger partial charge in [0.15, 0.2) is 0 Å². The number of nitrogens with zero attached hydrogens (tertiary/aromatic N) is 1. The number of hydrogen-bond donors (Lipinski definition) is 1. The molecule has 21 heavy (non-hydrogen) atoms. The molecule has 1 saturated carbocycles. The van der Waals surface area contributed by atoms with E-state index in [2.05, 4.69) is 27.7 Å². The second-order valence-corrected chi connectivity index (χ2v) is 7.53. The number of nitrogens with one attached hydrogen (secondary N) is 1. The molecule has 1 saturated heterocycles. The van der Waals surface area contributed by atoms with Crippen molar-refractivity contribution < 1.29 is 4.79 Å². The highest BCUT2D eigenvalue weighted by Crippen LogP contribution is 2.43. The Bertz CT molecular complexity index is 465. The molecular formula is C17H26N2OS. The van der Waals surface area contributed by atoms with Crippen LogP contribution in [0.15, 0.2) is 17.5 Å². The molecule has 4 heteroatoms. The van der Waals surface area contributed by atoms with Crippen molar-refractivity contribution in [3.05, 3.63) is 22.4 Å². The van der Waals surface area contributed by atoms with E-state index in [0.29, 0.717) is 11.8 Å². The fraction of sp³-hybridized carbons (Fsp3) is 0.706. The maximum absolute atomic E-state index is 13.3. The second kappa shape index (κ2) is 6.49. The van der Waals surface area contributed by atoms with Crippen LogP contribution in [0.4, 0.5) is 0 Å². The van der Waals surface area contributed by atoms with Crippen LogP contribution in [0.1, 0.15) is 43.4 Å². The zero-order valence-electron chi connectivity index (χ0n) is 12.9. The lowest BCUT2D eigenvalue weighted by molar-refractivity contribution is -0.137. The molecule has 1 aliphatic heterocycles. The number of thiophene rings is 1. The van der Waals surface area contributed by atoms with Gasteiger partial charge in [-0.15, -0.1) is 11.3 Å². The summed E-state index contributed by atoms with van der Waals surface area (Å²) in [5.41, 5.74) is -0.207. The van der Waals surface area contributed by atoms with Crippen molar-refractivity contribution in [2.24, 2.45) is 5.92 Å². The fourth-order valence-corrected chi connectivity index (χ4v) is 5.02. The van der Waals surface area contributed by atoms with Crippen LogP contribution >= 0.6 is 11.3 Å². The van der Waals surface area contributed by atoms with Crippen molar-refractivity contribution in [1.82, 2.24) is 10.2 Å². The number of rotatable bonds is 4. The van der Waals surface area contributed by atoms with Crippen molar-refractivity contribution in [3.8, 4) is 0 Å². The Kier molecular flexibility index (Phi) is 4.65. The van der Waals surface area contributed by atoms with E-state index >= 15 is 0 Å². The molecule has 0 spiro atoms. The average molecular weight is 306 g/mol. The summed E-state index contributed by atoms with van der Waals surface area (Å²) in [5.74, 6) is 1.03. The molecule has 1 aromatic heterocycles. The highest BCUT2D eigenvalue weighted by Gasteiger charge is 2.45. The van der Waals surface area contributed by atoms with E-state index in [4.69, 9.17) is 0 Å². The van der Waals surface area contributed by atoms with Gasteiger partial charge in [-0.25, -0.2) is 0 Å². The molecule has 3 nitrogen and oxygen atoms in total. The first-order valence-corrected chi connectivity index (χ1v) is 9.12. The summed E-state index contributed by atoms with van der Waals surface area (Å²) in [6, 6.07) is 4.27. The Hall–Kier alpha value is -0.870. The maximum atomic E-state index is 13.3. The van der Waals surface area contributed by atoms with Gasteiger partial charge in [-0.1, -0.05) is 25.3 Å². The first-order valence-electron chi connectivity index (χ1n) is 8.24. The van der Waals surface area contributed by atoms with Crippen molar-refractivity contribution in [3.63, 3.8) is 0 Å². The summed E-state index contributed by atoms with van der Waals surface area (Å²) in [5, 5.41) is 5.37. The fourth-order valence-electron chi connectivity index (χ4n) is 4.05. The first kappa shape index (κ1) is 15.0. The molecular weight excluding hydrogens is 280 g/mol. The van der Waals surface area contributed by atoms with Gasteiger partial charge in [0, 0.05) is 18.0 Å². The second-order valence-electron chi connectivity index (χ2n) is 6.58. The van der Waals surface area contributed by atoms with Crippen molar-refractivity contribution in [2.45, 2.75) is 43.9 Å². The minimum Gasteiger partial charge on any atom is -0.342 e. The Morgan fingerprint density at radius 1 is 1.43 bits per heavy atom. The van der Waals surface area contributed by atoms with Gasteiger partial charge in [-0.05, 0) is 50.2 Å². The molecule has 1 atom stereocenters. The summed E-state index contributed by atoms with van der Waals surface area (Å²) in [4.78, 5) is 16.7. The molecule has 116 valence electrons. The lowest BCUT2D eigenvalue weighted by atomic mass is 9.72. The van der Waals surface area contributed by atoms with Crippen LogP contribution in [0.2, 0.25) is 0 Å². The van der Waals surface area contributed by atoms with E-state index in [-0.39, 0.29) is 5.41 Å². The SMILES string of the molecule is CNCC1CCN(C(=O)C2(c3cccs3)CCCCC2)C1. The smallest absolute Gasteiger partial charge is 0.234 e. The van der Waals surface area contributed by atoms with Gasteiger partial charge in [0.25, 0.3) is 0 Å². The lowest BCUT2D eigenvalue weighted by Gasteiger charge is -2.38. The summed E-state index contributed by atoms with van der Waals surface area (Å²) in [6.07, 6.45) is 6.89. The van der Waals surface area contributed by atoms with Crippen LogP contribution in [0.5, 0.6) is 0 Å². The number of likely N-dealkylation sites (tertiary alicyclic amines) is 1. The first-order chi connectivity index (χ1) is 10.3. The number of carbonyl (C=O) groups excluding carboxylic acids is 1. The molecule has 0 bridgehead atoms. The van der Waals surface area contributed by atoms with Crippen LogP contribution in [0, 0.1) is 5.92 Å². The van der Waals surface area contributed by atoms with E-state index in [1.807, 2.05) is 7.05 Å². The summed E-state index contributed by atoms with van der Waals surface area (Å²) >= 11 is 1.77. The van der Waals surface area contributed by atoms with Crippen LogP contribution in [-0.2, 0) is 10.2 Å². The predicted molar refractivity (Wildman–Crippen MR) is 87.7 cm³/mol. The average Bonchev–Trinajstić information content (AvgIpc) is 3.19. The summed E-state index contributed by atoms with van der Waals surface area (Å²) in [6.45, 7) is 2.90. The predicted octanol–water partition coefficient (Wildman–Crippen LogP) is 3.02. The molecule has 1 aliphatic carbocycles. The quantitative estimate of drug-likeness (QED) is 0.927. The van der Waals surface area contributed by atoms with Crippen molar-refractivity contribution in [2.75, 3.05) is 26.7 Å². The molecule has 1 N–H and O–H groups in total. The monoisotopic (exact) mass is 306 g/mol. The third-order valence-electron chi connectivity index (χ3n) is 5.18.